The van der Waals surface area contributed by atoms with E-state index < -0.39 is 0 Å². The summed E-state index contributed by atoms with van der Waals surface area (Å²) < 4.78 is 0. The van der Waals surface area contributed by atoms with Crippen LogP contribution in [0.15, 0.2) is 0 Å². The van der Waals surface area contributed by atoms with Crippen LogP contribution in [-0.2, 0) is 0 Å². The molecule has 0 bridgehead atoms. The zero-order valence-electron chi connectivity index (χ0n) is 14.2. The molecule has 0 aliphatic carbocycles. The molecule has 2 fully saturated rings. The fraction of sp³-hybridized carbons (Fsp3) is 0.938. The Morgan fingerprint density at radius 2 is 1.86 bits per heavy atom. The molecule has 0 aromatic rings. The lowest BCUT2D eigenvalue weighted by molar-refractivity contribution is 0.145. The Morgan fingerprint density at radius 3 is 2.43 bits per heavy atom. The first-order valence-corrected chi connectivity index (χ1v) is 8.37. The molecule has 0 saturated carbocycles. The molecule has 2 amide bonds. The van der Waals surface area contributed by atoms with Gasteiger partial charge < -0.3 is 20.0 Å². The second-order valence-electron chi connectivity index (χ2n) is 7.35. The van der Waals surface area contributed by atoms with Gasteiger partial charge in [-0.1, -0.05) is 0 Å². The Morgan fingerprint density at radius 1 is 1.19 bits per heavy atom. The summed E-state index contributed by atoms with van der Waals surface area (Å²) in [5.74, 6) is 0. The van der Waals surface area contributed by atoms with E-state index in [1.165, 1.54) is 0 Å². The summed E-state index contributed by atoms with van der Waals surface area (Å²) in [6.07, 6.45) is 3.26. The molecule has 2 aliphatic heterocycles. The maximum absolute atomic E-state index is 12.4. The van der Waals surface area contributed by atoms with Gasteiger partial charge in [-0.05, 0) is 47.1 Å². The van der Waals surface area contributed by atoms with Crippen molar-refractivity contribution >= 4 is 6.03 Å². The van der Waals surface area contributed by atoms with Crippen LogP contribution in [0.4, 0.5) is 4.79 Å². The number of rotatable bonds is 4. The van der Waals surface area contributed by atoms with Crippen molar-refractivity contribution in [2.75, 3.05) is 46.3 Å². The summed E-state index contributed by atoms with van der Waals surface area (Å²) in [5.41, 5.74) is 0.0151. The number of nitrogens with zero attached hydrogens (tertiary/aromatic N) is 3. The number of nitrogens with one attached hydrogen (secondary N) is 1. The standard InChI is InChI=1S/C16H32N4O/c1-14(6-9-19-12-10-18(4)11-13-19)17-15(21)20-8-5-7-16(20,2)3/h14H,5-13H2,1-4H3,(H,17,21)/t14-/m0/s1. The van der Waals surface area contributed by atoms with Crippen LogP contribution in [-0.4, -0.2) is 78.6 Å². The van der Waals surface area contributed by atoms with Gasteiger partial charge in [0, 0.05) is 50.8 Å². The summed E-state index contributed by atoms with van der Waals surface area (Å²) in [6, 6.07) is 0.358. The van der Waals surface area contributed by atoms with Crippen molar-refractivity contribution in [3.8, 4) is 0 Å². The van der Waals surface area contributed by atoms with Crippen LogP contribution >= 0.6 is 0 Å². The fourth-order valence-corrected chi connectivity index (χ4v) is 3.29. The molecular weight excluding hydrogens is 264 g/mol. The van der Waals surface area contributed by atoms with Crippen LogP contribution in [0, 0.1) is 0 Å². The molecule has 2 heterocycles. The molecule has 0 aromatic heterocycles. The lowest BCUT2D eigenvalue weighted by atomic mass is 10.0. The van der Waals surface area contributed by atoms with Crippen LogP contribution in [0.1, 0.15) is 40.0 Å². The molecule has 2 saturated heterocycles. The van der Waals surface area contributed by atoms with Crippen molar-refractivity contribution in [3.63, 3.8) is 0 Å². The number of likely N-dealkylation sites (N-methyl/N-ethyl adjacent to an activating group) is 1. The maximum Gasteiger partial charge on any atom is 0.318 e. The fourth-order valence-electron chi connectivity index (χ4n) is 3.29. The van der Waals surface area contributed by atoms with E-state index in [-0.39, 0.29) is 17.6 Å². The Labute approximate surface area is 129 Å². The number of hydrogen-bond donors (Lipinski definition) is 1. The first-order chi connectivity index (χ1) is 9.88. The number of urea groups is 1. The van der Waals surface area contributed by atoms with Crippen molar-refractivity contribution in [1.29, 1.82) is 0 Å². The Kier molecular flexibility index (Phi) is 5.49. The third-order valence-corrected chi connectivity index (χ3v) is 4.99. The van der Waals surface area contributed by atoms with Crippen molar-refractivity contribution in [3.05, 3.63) is 0 Å². The Bertz CT molecular complexity index is 350. The number of carbonyl (C=O) groups is 1. The zero-order chi connectivity index (χ0) is 15.5. The van der Waals surface area contributed by atoms with Crippen LogP contribution in [0.2, 0.25) is 0 Å². The average Bonchev–Trinajstić information content (AvgIpc) is 2.78. The highest BCUT2D eigenvalue weighted by atomic mass is 16.2. The van der Waals surface area contributed by atoms with Crippen LogP contribution < -0.4 is 5.32 Å². The van der Waals surface area contributed by atoms with Gasteiger partial charge in [-0.15, -0.1) is 0 Å². The monoisotopic (exact) mass is 296 g/mol. The highest BCUT2D eigenvalue weighted by molar-refractivity contribution is 5.75. The zero-order valence-corrected chi connectivity index (χ0v) is 14.2. The van der Waals surface area contributed by atoms with Crippen LogP contribution in [0.25, 0.3) is 0 Å². The van der Waals surface area contributed by atoms with E-state index in [9.17, 15) is 4.79 Å². The SMILES string of the molecule is C[C@@H](CCN1CCN(C)CC1)NC(=O)N1CCCC1(C)C. The van der Waals surface area contributed by atoms with E-state index in [1.807, 2.05) is 4.90 Å². The highest BCUT2D eigenvalue weighted by Crippen LogP contribution is 2.28. The molecule has 0 aromatic carbocycles. The molecule has 5 nitrogen and oxygen atoms in total. The van der Waals surface area contributed by atoms with E-state index in [2.05, 4.69) is 42.9 Å². The molecule has 1 atom stereocenters. The van der Waals surface area contributed by atoms with Crippen molar-refractivity contribution in [2.24, 2.45) is 0 Å². The number of piperazine rings is 1. The Balaban J connectivity index is 1.69. The van der Waals surface area contributed by atoms with E-state index in [4.69, 9.17) is 0 Å². The van der Waals surface area contributed by atoms with Crippen molar-refractivity contribution in [1.82, 2.24) is 20.0 Å². The van der Waals surface area contributed by atoms with Gasteiger partial charge in [-0.3, -0.25) is 0 Å². The normalized spacial score (nSPS) is 25.0. The maximum atomic E-state index is 12.4. The minimum Gasteiger partial charge on any atom is -0.335 e. The van der Waals surface area contributed by atoms with Crippen molar-refractivity contribution < 1.29 is 4.79 Å². The molecule has 122 valence electrons. The molecule has 1 N–H and O–H groups in total. The van der Waals surface area contributed by atoms with Gasteiger partial charge in [0.1, 0.15) is 0 Å². The number of carbonyl (C=O) groups excluding carboxylic acids is 1. The summed E-state index contributed by atoms with van der Waals surface area (Å²) >= 11 is 0. The van der Waals surface area contributed by atoms with Gasteiger partial charge in [-0.25, -0.2) is 4.79 Å². The highest BCUT2D eigenvalue weighted by Gasteiger charge is 2.35. The second-order valence-corrected chi connectivity index (χ2v) is 7.35. The van der Waals surface area contributed by atoms with Gasteiger partial charge in [0.05, 0.1) is 0 Å². The topological polar surface area (TPSA) is 38.8 Å². The molecule has 5 heteroatoms. The van der Waals surface area contributed by atoms with E-state index in [0.29, 0.717) is 0 Å². The third-order valence-electron chi connectivity index (χ3n) is 4.99. The van der Waals surface area contributed by atoms with Crippen LogP contribution in [0.5, 0.6) is 0 Å². The molecule has 2 aliphatic rings. The van der Waals surface area contributed by atoms with Gasteiger partial charge >= 0.3 is 6.03 Å². The largest absolute Gasteiger partial charge is 0.335 e. The van der Waals surface area contributed by atoms with E-state index in [0.717, 1.165) is 58.5 Å². The first kappa shape index (κ1) is 16.6. The predicted molar refractivity (Wildman–Crippen MR) is 86.6 cm³/mol. The second kappa shape index (κ2) is 6.97. The lowest BCUT2D eigenvalue weighted by Crippen LogP contribution is -2.51. The Hall–Kier alpha value is -0.810. The quantitative estimate of drug-likeness (QED) is 0.856. The molecule has 0 radical (unpaired) electrons. The van der Waals surface area contributed by atoms with E-state index >= 15 is 0 Å². The minimum atomic E-state index is 0.0151. The van der Waals surface area contributed by atoms with Gasteiger partial charge in [0.15, 0.2) is 0 Å². The van der Waals surface area contributed by atoms with Gasteiger partial charge in [0.2, 0.25) is 0 Å². The lowest BCUT2D eigenvalue weighted by Gasteiger charge is -2.34. The molecular formula is C16H32N4O. The molecule has 0 unspecified atom stereocenters. The number of hydrogen-bond acceptors (Lipinski definition) is 3. The van der Waals surface area contributed by atoms with Gasteiger partial charge in [0.25, 0.3) is 0 Å². The van der Waals surface area contributed by atoms with Gasteiger partial charge in [-0.2, -0.15) is 0 Å². The molecule has 21 heavy (non-hydrogen) atoms. The summed E-state index contributed by atoms with van der Waals surface area (Å²) in [6.45, 7) is 13.0. The number of amides is 2. The summed E-state index contributed by atoms with van der Waals surface area (Å²) in [4.78, 5) is 19.2. The molecule has 2 rings (SSSR count). The average molecular weight is 296 g/mol. The summed E-state index contributed by atoms with van der Waals surface area (Å²) in [7, 11) is 2.18. The van der Waals surface area contributed by atoms with Crippen LogP contribution in [0.3, 0.4) is 0 Å². The van der Waals surface area contributed by atoms with Crippen molar-refractivity contribution in [2.45, 2.75) is 51.6 Å². The summed E-state index contributed by atoms with van der Waals surface area (Å²) in [5, 5.41) is 3.18. The molecule has 0 spiro atoms. The first-order valence-electron chi connectivity index (χ1n) is 8.37. The van der Waals surface area contributed by atoms with E-state index in [1.54, 1.807) is 0 Å². The smallest absolute Gasteiger partial charge is 0.318 e. The third kappa shape index (κ3) is 4.58. The minimum absolute atomic E-state index is 0.0151. The predicted octanol–water partition coefficient (Wildman–Crippen LogP) is 1.60. The number of likely N-dealkylation sites (tertiary alicyclic amines) is 1.